The molecule has 1 aliphatic heterocycles. The molecule has 0 aromatic heterocycles. The van der Waals surface area contributed by atoms with Gasteiger partial charge in [-0.15, -0.1) is 0 Å². The molecule has 0 radical (unpaired) electrons. The minimum Gasteiger partial charge on any atom is -0.481 e. The molecule has 1 saturated heterocycles. The molecule has 1 atom stereocenters. The third-order valence-electron chi connectivity index (χ3n) is 4.28. The van der Waals surface area contributed by atoms with Crippen LogP contribution < -0.4 is 0 Å². The monoisotopic (exact) mass is 354 g/mol. The van der Waals surface area contributed by atoms with Crippen molar-refractivity contribution < 1.29 is 28.3 Å². The molecule has 0 bridgehead atoms. The van der Waals surface area contributed by atoms with Crippen LogP contribution in [0.4, 0.5) is 8.78 Å². The lowest BCUT2D eigenvalue weighted by molar-refractivity contribution is -0.147. The predicted octanol–water partition coefficient (Wildman–Crippen LogP) is 1.29. The van der Waals surface area contributed by atoms with Crippen molar-refractivity contribution in [3.63, 3.8) is 0 Å². The Bertz CT molecular complexity index is 681. The Balaban J connectivity index is 1.91. The number of carboxylic acids is 1. The predicted molar refractivity (Wildman–Crippen MR) is 84.6 cm³/mol. The Morgan fingerprint density at radius 2 is 2.04 bits per heavy atom. The second-order valence-electron chi connectivity index (χ2n) is 6.18. The van der Waals surface area contributed by atoms with Crippen molar-refractivity contribution in [3.05, 3.63) is 35.4 Å². The molecule has 6 nitrogen and oxygen atoms in total. The number of carbonyl (C=O) groups is 3. The standard InChI is InChI=1S/C17H20F2N2O4/c1-20(15(22)7-11-4-5-13(18)8-14(11)19)10-16(23)21-6-2-3-12(9-21)17(24)25/h4-5,8,12H,2-3,6-7,9-10H2,1H3,(H,24,25). The summed E-state index contributed by atoms with van der Waals surface area (Å²) in [5.41, 5.74) is 0.0506. The van der Waals surface area contributed by atoms with Crippen molar-refractivity contribution in [2.24, 2.45) is 5.92 Å². The van der Waals surface area contributed by atoms with Crippen molar-refractivity contribution in [1.29, 1.82) is 0 Å². The first-order valence-electron chi connectivity index (χ1n) is 7.96. The Hall–Kier alpha value is -2.51. The number of halogens is 2. The fourth-order valence-electron chi connectivity index (χ4n) is 2.76. The fourth-order valence-corrected chi connectivity index (χ4v) is 2.76. The minimum absolute atomic E-state index is 0.0506. The van der Waals surface area contributed by atoms with E-state index in [-0.39, 0.29) is 31.0 Å². The van der Waals surface area contributed by atoms with Gasteiger partial charge in [0.05, 0.1) is 18.9 Å². The lowest BCUT2D eigenvalue weighted by Gasteiger charge is -2.32. The molecule has 0 spiro atoms. The van der Waals surface area contributed by atoms with Crippen molar-refractivity contribution in [2.75, 3.05) is 26.7 Å². The maximum absolute atomic E-state index is 13.6. The van der Waals surface area contributed by atoms with Crippen LogP contribution in [0.25, 0.3) is 0 Å². The summed E-state index contributed by atoms with van der Waals surface area (Å²) in [6.07, 6.45) is 0.840. The quantitative estimate of drug-likeness (QED) is 0.864. The molecule has 0 aliphatic carbocycles. The highest BCUT2D eigenvalue weighted by Gasteiger charge is 2.29. The Kier molecular flexibility index (Phi) is 6.06. The zero-order valence-corrected chi connectivity index (χ0v) is 13.9. The summed E-state index contributed by atoms with van der Waals surface area (Å²) >= 11 is 0. The van der Waals surface area contributed by atoms with Crippen LogP contribution in [0.3, 0.4) is 0 Å². The molecule has 25 heavy (non-hydrogen) atoms. The van der Waals surface area contributed by atoms with E-state index >= 15 is 0 Å². The van der Waals surface area contributed by atoms with Gasteiger partial charge in [0.25, 0.3) is 0 Å². The molecule has 2 amide bonds. The second kappa shape index (κ2) is 8.04. The van der Waals surface area contributed by atoms with Gasteiger partial charge < -0.3 is 14.9 Å². The zero-order valence-electron chi connectivity index (χ0n) is 13.9. The van der Waals surface area contributed by atoms with Crippen LogP contribution in [0.15, 0.2) is 18.2 Å². The van der Waals surface area contributed by atoms with Crippen LogP contribution in [0.5, 0.6) is 0 Å². The largest absolute Gasteiger partial charge is 0.481 e. The summed E-state index contributed by atoms with van der Waals surface area (Å²) in [7, 11) is 1.42. The Morgan fingerprint density at radius 1 is 1.32 bits per heavy atom. The first kappa shape index (κ1) is 18.8. The van der Waals surface area contributed by atoms with Gasteiger partial charge in [0.15, 0.2) is 0 Å². The van der Waals surface area contributed by atoms with Crippen LogP contribution in [-0.4, -0.2) is 59.4 Å². The van der Waals surface area contributed by atoms with E-state index in [2.05, 4.69) is 0 Å². The molecule has 1 fully saturated rings. The zero-order chi connectivity index (χ0) is 18.6. The molecule has 8 heteroatoms. The number of likely N-dealkylation sites (N-methyl/N-ethyl adjacent to an activating group) is 1. The number of hydrogen-bond donors (Lipinski definition) is 1. The normalized spacial score (nSPS) is 17.2. The fraction of sp³-hybridized carbons (Fsp3) is 0.471. The molecule has 1 aromatic rings. The number of aliphatic carboxylic acids is 1. The highest BCUT2D eigenvalue weighted by molar-refractivity contribution is 5.86. The van der Waals surface area contributed by atoms with Gasteiger partial charge in [-0.05, 0) is 24.5 Å². The topological polar surface area (TPSA) is 77.9 Å². The van der Waals surface area contributed by atoms with Crippen LogP contribution in [0.1, 0.15) is 18.4 Å². The summed E-state index contributed by atoms with van der Waals surface area (Å²) < 4.78 is 26.5. The lowest BCUT2D eigenvalue weighted by Crippen LogP contribution is -2.47. The molecule has 1 aromatic carbocycles. The van der Waals surface area contributed by atoms with E-state index in [0.29, 0.717) is 25.5 Å². The van der Waals surface area contributed by atoms with Crippen molar-refractivity contribution >= 4 is 17.8 Å². The number of likely N-dealkylation sites (tertiary alicyclic amines) is 1. The molecular weight excluding hydrogens is 334 g/mol. The Labute approximate surface area is 144 Å². The first-order chi connectivity index (χ1) is 11.8. The van der Waals surface area contributed by atoms with Crippen LogP contribution in [0.2, 0.25) is 0 Å². The van der Waals surface area contributed by atoms with Gasteiger partial charge in [0.2, 0.25) is 11.8 Å². The number of nitrogens with zero attached hydrogens (tertiary/aromatic N) is 2. The summed E-state index contributed by atoms with van der Waals surface area (Å²) in [6.45, 7) is 0.369. The summed E-state index contributed by atoms with van der Waals surface area (Å²) in [6, 6.07) is 2.96. The number of carboxylic acid groups (broad SMARTS) is 1. The van der Waals surface area contributed by atoms with Gasteiger partial charge in [0, 0.05) is 26.2 Å². The highest BCUT2D eigenvalue weighted by atomic mass is 19.1. The average molecular weight is 354 g/mol. The number of hydrogen-bond acceptors (Lipinski definition) is 3. The summed E-state index contributed by atoms with van der Waals surface area (Å²) in [5, 5.41) is 9.05. The lowest BCUT2D eigenvalue weighted by atomic mass is 9.98. The van der Waals surface area contributed by atoms with Gasteiger partial charge in [-0.1, -0.05) is 6.07 Å². The highest BCUT2D eigenvalue weighted by Crippen LogP contribution is 2.17. The first-order valence-corrected chi connectivity index (χ1v) is 7.96. The van der Waals surface area contributed by atoms with E-state index in [4.69, 9.17) is 5.11 Å². The molecule has 1 aliphatic rings. The third-order valence-corrected chi connectivity index (χ3v) is 4.28. The maximum Gasteiger partial charge on any atom is 0.308 e. The average Bonchev–Trinajstić information content (AvgIpc) is 2.57. The maximum atomic E-state index is 13.6. The minimum atomic E-state index is -0.936. The molecule has 1 heterocycles. The van der Waals surface area contributed by atoms with Gasteiger partial charge in [-0.2, -0.15) is 0 Å². The number of rotatable bonds is 5. The second-order valence-corrected chi connectivity index (χ2v) is 6.18. The van der Waals surface area contributed by atoms with E-state index in [0.717, 1.165) is 11.0 Å². The molecule has 136 valence electrons. The van der Waals surface area contributed by atoms with Crippen molar-refractivity contribution in [1.82, 2.24) is 9.80 Å². The summed E-state index contributed by atoms with van der Waals surface area (Å²) in [5.74, 6) is -3.89. The van der Waals surface area contributed by atoms with Crippen LogP contribution in [0, 0.1) is 17.6 Å². The van der Waals surface area contributed by atoms with Crippen molar-refractivity contribution in [2.45, 2.75) is 19.3 Å². The van der Waals surface area contributed by atoms with E-state index in [9.17, 15) is 23.2 Å². The SMILES string of the molecule is CN(CC(=O)N1CCCC(C(=O)O)C1)C(=O)Cc1ccc(F)cc1F. The number of carbonyl (C=O) groups excluding carboxylic acids is 2. The van der Waals surface area contributed by atoms with Gasteiger partial charge >= 0.3 is 5.97 Å². The number of benzene rings is 1. The van der Waals surface area contributed by atoms with E-state index < -0.39 is 29.4 Å². The van der Waals surface area contributed by atoms with Crippen LogP contribution in [-0.2, 0) is 20.8 Å². The number of piperidine rings is 1. The van der Waals surface area contributed by atoms with Crippen molar-refractivity contribution in [3.8, 4) is 0 Å². The molecule has 1 N–H and O–H groups in total. The van der Waals surface area contributed by atoms with E-state index in [1.54, 1.807) is 0 Å². The van der Waals surface area contributed by atoms with Gasteiger partial charge in [0.1, 0.15) is 11.6 Å². The molecular formula is C17H20F2N2O4. The molecule has 2 rings (SSSR count). The summed E-state index contributed by atoms with van der Waals surface area (Å²) in [4.78, 5) is 38.0. The van der Waals surface area contributed by atoms with E-state index in [1.165, 1.54) is 18.0 Å². The smallest absolute Gasteiger partial charge is 0.308 e. The molecule has 0 saturated carbocycles. The van der Waals surface area contributed by atoms with Crippen LogP contribution >= 0.6 is 0 Å². The Morgan fingerprint density at radius 3 is 2.68 bits per heavy atom. The molecule has 1 unspecified atom stereocenters. The van der Waals surface area contributed by atoms with E-state index in [1.807, 2.05) is 0 Å². The third kappa shape index (κ3) is 4.98. The van der Waals surface area contributed by atoms with Gasteiger partial charge in [-0.3, -0.25) is 14.4 Å². The number of amides is 2. The van der Waals surface area contributed by atoms with Gasteiger partial charge in [-0.25, -0.2) is 8.78 Å².